The number of nitrogens with zero attached hydrogens (tertiary/aromatic N) is 1. The molecule has 0 spiro atoms. The molecule has 6 heteroatoms. The maximum absolute atomic E-state index is 13.5. The van der Waals surface area contributed by atoms with Crippen molar-refractivity contribution < 1.29 is 23.8 Å². The molecule has 0 saturated heterocycles. The average Bonchev–Trinajstić information content (AvgIpc) is 2.77. The number of benzene rings is 2. The lowest BCUT2D eigenvalue weighted by molar-refractivity contribution is 0.0695. The molecule has 5 nitrogen and oxygen atoms in total. The zero-order chi connectivity index (χ0) is 21.1. The fraction of sp³-hybridized carbons (Fsp3) is 0.250. The predicted molar refractivity (Wildman–Crippen MR) is 111 cm³/mol. The van der Waals surface area contributed by atoms with Gasteiger partial charge in [0.05, 0.1) is 19.3 Å². The molecule has 2 heterocycles. The van der Waals surface area contributed by atoms with Crippen LogP contribution in [0.25, 0.3) is 11.1 Å². The van der Waals surface area contributed by atoms with Crippen molar-refractivity contribution in [3.63, 3.8) is 0 Å². The smallest absolute Gasteiger partial charge is 0.336 e. The Morgan fingerprint density at radius 1 is 1.27 bits per heavy atom. The summed E-state index contributed by atoms with van der Waals surface area (Å²) in [5.41, 5.74) is 3.84. The second-order valence-corrected chi connectivity index (χ2v) is 7.31. The number of carboxylic acids is 1. The van der Waals surface area contributed by atoms with E-state index in [4.69, 9.17) is 9.47 Å². The van der Waals surface area contributed by atoms with Crippen LogP contribution >= 0.6 is 0 Å². The molecule has 1 aliphatic heterocycles. The van der Waals surface area contributed by atoms with E-state index < -0.39 is 5.97 Å². The highest BCUT2D eigenvalue weighted by molar-refractivity contribution is 5.89. The van der Waals surface area contributed by atoms with Gasteiger partial charge in [-0.2, -0.15) is 0 Å². The van der Waals surface area contributed by atoms with Crippen LogP contribution in [0.5, 0.6) is 11.5 Å². The van der Waals surface area contributed by atoms with Crippen molar-refractivity contribution in [2.24, 2.45) is 0 Å². The molecule has 0 aliphatic carbocycles. The highest BCUT2D eigenvalue weighted by Gasteiger charge is 2.23. The van der Waals surface area contributed by atoms with Crippen molar-refractivity contribution in [1.82, 2.24) is 4.98 Å². The number of fused-ring (bicyclic) bond motifs is 1. The second-order valence-electron chi connectivity index (χ2n) is 7.31. The summed E-state index contributed by atoms with van der Waals surface area (Å²) in [6.07, 6.45) is 5.44. The van der Waals surface area contributed by atoms with Gasteiger partial charge in [0.1, 0.15) is 17.3 Å². The second kappa shape index (κ2) is 8.53. The Labute approximate surface area is 174 Å². The van der Waals surface area contributed by atoms with Gasteiger partial charge in [0.15, 0.2) is 0 Å². The van der Waals surface area contributed by atoms with E-state index in [1.54, 1.807) is 12.3 Å². The first kappa shape index (κ1) is 19.9. The minimum Gasteiger partial charge on any atom is -0.496 e. The Bertz CT molecular complexity index is 1080. The van der Waals surface area contributed by atoms with Gasteiger partial charge in [0.25, 0.3) is 0 Å². The van der Waals surface area contributed by atoms with Crippen molar-refractivity contribution >= 4 is 5.97 Å². The normalized spacial score (nSPS) is 15.2. The molecule has 3 aromatic rings. The van der Waals surface area contributed by atoms with Crippen LogP contribution in [0.1, 0.15) is 40.2 Å². The van der Waals surface area contributed by atoms with Gasteiger partial charge in [-0.3, -0.25) is 4.98 Å². The van der Waals surface area contributed by atoms with E-state index in [1.807, 2.05) is 18.2 Å². The van der Waals surface area contributed by atoms with Crippen molar-refractivity contribution in [1.29, 1.82) is 0 Å². The molecule has 0 saturated carbocycles. The number of aromatic nitrogens is 1. The minimum atomic E-state index is -0.933. The predicted octanol–water partition coefficient (Wildman–Crippen LogP) is 5.09. The van der Waals surface area contributed by atoms with Gasteiger partial charge < -0.3 is 14.6 Å². The van der Waals surface area contributed by atoms with Crippen LogP contribution in [-0.4, -0.2) is 29.8 Å². The number of aromatic carboxylic acids is 1. The number of hydrogen-bond acceptors (Lipinski definition) is 4. The lowest BCUT2D eigenvalue weighted by Crippen LogP contribution is -2.15. The number of carbonyl (C=O) groups is 1. The summed E-state index contributed by atoms with van der Waals surface area (Å²) >= 11 is 0. The standard InChI is InChI=1S/C24H22FNO4/c1-29-22-13-18(25)5-7-20(22)16-4-6-19-15(9-11-30-23(19)12-16)2-3-17-14-26-10-8-21(17)24(27)28/h4-8,10,12-15H,2-3,9,11H2,1H3,(H,27,28)/t15-/m1/s1. The van der Waals surface area contributed by atoms with Crippen LogP contribution in [0.2, 0.25) is 0 Å². The van der Waals surface area contributed by atoms with Gasteiger partial charge in [0, 0.05) is 24.0 Å². The fourth-order valence-electron chi connectivity index (χ4n) is 4.00. The molecule has 1 aromatic heterocycles. The quantitative estimate of drug-likeness (QED) is 0.616. The molecule has 1 atom stereocenters. The molecular formula is C24H22FNO4. The first-order valence-corrected chi connectivity index (χ1v) is 9.83. The number of rotatable bonds is 6. The Morgan fingerprint density at radius 2 is 2.13 bits per heavy atom. The monoisotopic (exact) mass is 407 g/mol. The lowest BCUT2D eigenvalue weighted by Gasteiger charge is -2.27. The van der Waals surface area contributed by atoms with Gasteiger partial charge in [-0.15, -0.1) is 0 Å². The number of methoxy groups -OCH3 is 1. The van der Waals surface area contributed by atoms with E-state index in [0.717, 1.165) is 40.8 Å². The third-order valence-electron chi connectivity index (χ3n) is 5.55. The first-order chi connectivity index (χ1) is 14.6. The highest BCUT2D eigenvalue weighted by Crippen LogP contribution is 2.40. The molecule has 0 fully saturated rings. The van der Waals surface area contributed by atoms with Crippen LogP contribution in [0, 0.1) is 5.82 Å². The first-order valence-electron chi connectivity index (χ1n) is 9.83. The Hall–Kier alpha value is -3.41. The Morgan fingerprint density at radius 3 is 2.93 bits per heavy atom. The van der Waals surface area contributed by atoms with E-state index in [1.165, 1.54) is 31.5 Å². The molecule has 0 unspecified atom stereocenters. The van der Waals surface area contributed by atoms with Crippen molar-refractivity contribution in [2.75, 3.05) is 13.7 Å². The molecule has 1 N–H and O–H groups in total. The number of hydrogen-bond donors (Lipinski definition) is 1. The number of carboxylic acid groups (broad SMARTS) is 1. The van der Waals surface area contributed by atoms with Crippen LogP contribution in [-0.2, 0) is 6.42 Å². The summed E-state index contributed by atoms with van der Waals surface area (Å²) in [5.74, 6) is 0.262. The van der Waals surface area contributed by atoms with Crippen LogP contribution in [0.4, 0.5) is 4.39 Å². The van der Waals surface area contributed by atoms with Gasteiger partial charge in [-0.25, -0.2) is 9.18 Å². The molecule has 0 radical (unpaired) electrons. The van der Waals surface area contributed by atoms with Crippen LogP contribution in [0.3, 0.4) is 0 Å². The van der Waals surface area contributed by atoms with Crippen molar-refractivity contribution in [3.8, 4) is 22.6 Å². The third kappa shape index (κ3) is 3.99. The van der Waals surface area contributed by atoms with Crippen molar-refractivity contribution in [2.45, 2.75) is 25.2 Å². The molecule has 30 heavy (non-hydrogen) atoms. The summed E-state index contributed by atoms with van der Waals surface area (Å²) in [5, 5.41) is 9.38. The van der Waals surface area contributed by atoms with Gasteiger partial charge in [0.2, 0.25) is 0 Å². The van der Waals surface area contributed by atoms with Gasteiger partial charge in [-0.1, -0.05) is 12.1 Å². The van der Waals surface area contributed by atoms with E-state index >= 15 is 0 Å². The maximum Gasteiger partial charge on any atom is 0.336 e. The van der Waals surface area contributed by atoms with E-state index in [2.05, 4.69) is 4.98 Å². The number of halogens is 1. The van der Waals surface area contributed by atoms with Gasteiger partial charge >= 0.3 is 5.97 Å². The average molecular weight is 407 g/mol. The van der Waals surface area contributed by atoms with E-state index in [-0.39, 0.29) is 11.7 Å². The zero-order valence-corrected chi connectivity index (χ0v) is 16.6. The largest absolute Gasteiger partial charge is 0.496 e. The molecule has 4 rings (SSSR count). The van der Waals surface area contributed by atoms with Gasteiger partial charge in [-0.05, 0) is 66.1 Å². The Balaban J connectivity index is 1.58. The SMILES string of the molecule is COc1cc(F)ccc1-c1ccc2c(c1)OCC[C@H]2CCc1cnccc1C(=O)O. The molecule has 0 bridgehead atoms. The summed E-state index contributed by atoms with van der Waals surface area (Å²) in [6, 6.07) is 12.0. The minimum absolute atomic E-state index is 0.264. The number of aryl methyl sites for hydroxylation is 1. The fourth-order valence-corrected chi connectivity index (χ4v) is 4.00. The molecule has 1 aliphatic rings. The van der Waals surface area contributed by atoms with E-state index in [9.17, 15) is 14.3 Å². The summed E-state index contributed by atoms with van der Waals surface area (Å²) in [6.45, 7) is 0.598. The molecule has 2 aromatic carbocycles. The summed E-state index contributed by atoms with van der Waals surface area (Å²) in [4.78, 5) is 15.5. The molecular weight excluding hydrogens is 385 g/mol. The maximum atomic E-state index is 13.5. The third-order valence-corrected chi connectivity index (χ3v) is 5.55. The van der Waals surface area contributed by atoms with Crippen LogP contribution in [0.15, 0.2) is 54.9 Å². The highest BCUT2D eigenvalue weighted by atomic mass is 19.1. The molecule has 0 amide bonds. The van der Waals surface area contributed by atoms with Crippen LogP contribution < -0.4 is 9.47 Å². The zero-order valence-electron chi connectivity index (χ0n) is 16.6. The lowest BCUT2D eigenvalue weighted by atomic mass is 9.86. The summed E-state index contributed by atoms with van der Waals surface area (Å²) in [7, 11) is 1.52. The van der Waals surface area contributed by atoms with Crippen molar-refractivity contribution in [3.05, 3.63) is 77.4 Å². The Kier molecular flexibility index (Phi) is 5.65. The number of pyridine rings is 1. The topological polar surface area (TPSA) is 68.7 Å². The van der Waals surface area contributed by atoms with E-state index in [0.29, 0.717) is 24.3 Å². The summed E-state index contributed by atoms with van der Waals surface area (Å²) < 4.78 is 24.8. The number of ether oxygens (including phenoxy) is 2. The molecule has 154 valence electrons.